The van der Waals surface area contributed by atoms with Gasteiger partial charge in [0.1, 0.15) is 5.75 Å². The summed E-state index contributed by atoms with van der Waals surface area (Å²) in [5.41, 5.74) is 1.82. The van der Waals surface area contributed by atoms with Gasteiger partial charge in [0.05, 0.1) is 14.9 Å². The Morgan fingerprint density at radius 2 is 1.95 bits per heavy atom. The molecule has 1 heterocycles. The Kier molecular flexibility index (Phi) is 3.56. The summed E-state index contributed by atoms with van der Waals surface area (Å²) < 4.78 is 7.52. The third kappa shape index (κ3) is 2.36. The van der Waals surface area contributed by atoms with E-state index in [0.29, 0.717) is 11.5 Å². The van der Waals surface area contributed by atoms with Gasteiger partial charge in [-0.05, 0) is 80.7 Å². The standard InChI is InChI=1S/C15H10Br2NO2/c1-8-10-7-9(5-6-13(10)18-15(8)19)20-14-11(16)3-2-4-12(14)17/h3-8H,1H3,(H,18,19). The lowest BCUT2D eigenvalue weighted by atomic mass is 10.0. The Balaban J connectivity index is 1.96. The van der Waals surface area contributed by atoms with Gasteiger partial charge in [-0.1, -0.05) is 0 Å². The van der Waals surface area contributed by atoms with Crippen LogP contribution < -0.4 is 10.1 Å². The van der Waals surface area contributed by atoms with Crippen LogP contribution in [0.3, 0.4) is 0 Å². The van der Waals surface area contributed by atoms with Crippen molar-refractivity contribution in [2.75, 3.05) is 5.32 Å². The summed E-state index contributed by atoms with van der Waals surface area (Å²) in [5, 5.41) is 2.84. The molecule has 0 aromatic heterocycles. The van der Waals surface area contributed by atoms with Crippen LogP contribution in [0.2, 0.25) is 0 Å². The van der Waals surface area contributed by atoms with Crippen molar-refractivity contribution in [2.45, 2.75) is 12.8 Å². The quantitative estimate of drug-likeness (QED) is 0.788. The predicted octanol–water partition coefficient (Wildman–Crippen LogP) is 4.86. The molecule has 1 radical (unpaired) electrons. The maximum absolute atomic E-state index is 11.6. The van der Waals surface area contributed by atoms with Crippen molar-refractivity contribution in [3.63, 3.8) is 0 Å². The van der Waals surface area contributed by atoms with Crippen LogP contribution in [-0.4, -0.2) is 5.91 Å². The molecule has 0 saturated carbocycles. The van der Waals surface area contributed by atoms with Crippen molar-refractivity contribution in [3.05, 3.63) is 50.9 Å². The molecule has 3 nitrogen and oxygen atoms in total. The van der Waals surface area contributed by atoms with Crippen molar-refractivity contribution >= 4 is 43.5 Å². The molecule has 1 aliphatic rings. The zero-order chi connectivity index (χ0) is 14.3. The van der Waals surface area contributed by atoms with Gasteiger partial charge in [-0.3, -0.25) is 4.79 Å². The number of fused-ring (bicyclic) bond motifs is 1. The fraction of sp³-hybridized carbons (Fsp3) is 0.133. The van der Waals surface area contributed by atoms with Gasteiger partial charge >= 0.3 is 0 Å². The summed E-state index contributed by atoms with van der Waals surface area (Å²) in [4.78, 5) is 11.6. The molecule has 1 aliphatic heterocycles. The summed E-state index contributed by atoms with van der Waals surface area (Å²) >= 11 is 6.87. The summed E-state index contributed by atoms with van der Waals surface area (Å²) in [7, 11) is 0. The minimum atomic E-state index is -0.149. The van der Waals surface area contributed by atoms with E-state index < -0.39 is 0 Å². The van der Waals surface area contributed by atoms with Crippen LogP contribution in [0.15, 0.2) is 39.3 Å². The first-order valence-corrected chi connectivity index (χ1v) is 7.62. The van der Waals surface area contributed by atoms with Gasteiger partial charge < -0.3 is 10.1 Å². The molecular weight excluding hydrogens is 386 g/mol. The first-order valence-electron chi connectivity index (χ1n) is 6.04. The maximum Gasteiger partial charge on any atom is 0.231 e. The topological polar surface area (TPSA) is 38.3 Å². The Morgan fingerprint density at radius 1 is 1.25 bits per heavy atom. The molecule has 0 aliphatic carbocycles. The fourth-order valence-electron chi connectivity index (χ4n) is 2.11. The lowest BCUT2D eigenvalue weighted by Gasteiger charge is -2.11. The summed E-state index contributed by atoms with van der Waals surface area (Å²) in [6.07, 6.45) is 0. The van der Waals surface area contributed by atoms with Crippen LogP contribution in [-0.2, 0) is 4.79 Å². The number of nitrogens with one attached hydrogen (secondary N) is 1. The van der Waals surface area contributed by atoms with E-state index in [0.717, 1.165) is 20.2 Å². The highest BCUT2D eigenvalue weighted by Crippen LogP contribution is 2.39. The van der Waals surface area contributed by atoms with Crippen molar-refractivity contribution in [1.82, 2.24) is 0 Å². The average molecular weight is 396 g/mol. The van der Waals surface area contributed by atoms with E-state index in [9.17, 15) is 4.79 Å². The second kappa shape index (κ2) is 5.22. The van der Waals surface area contributed by atoms with E-state index in [1.54, 1.807) is 12.1 Å². The van der Waals surface area contributed by atoms with Crippen molar-refractivity contribution in [2.24, 2.45) is 0 Å². The zero-order valence-corrected chi connectivity index (χ0v) is 13.7. The molecule has 1 N–H and O–H groups in total. The van der Waals surface area contributed by atoms with Gasteiger partial charge in [-0.15, -0.1) is 0 Å². The number of rotatable bonds is 2. The fourth-order valence-corrected chi connectivity index (χ4v) is 3.23. The van der Waals surface area contributed by atoms with Crippen LogP contribution >= 0.6 is 31.9 Å². The number of amides is 1. The van der Waals surface area contributed by atoms with E-state index >= 15 is 0 Å². The average Bonchev–Trinajstić information content (AvgIpc) is 2.70. The highest BCUT2D eigenvalue weighted by molar-refractivity contribution is 9.11. The normalized spacial score (nSPS) is 16.8. The lowest BCUT2D eigenvalue weighted by molar-refractivity contribution is -0.116. The molecule has 2 aromatic carbocycles. The number of anilines is 1. The van der Waals surface area contributed by atoms with Gasteiger partial charge in [0.15, 0.2) is 5.75 Å². The Morgan fingerprint density at radius 3 is 2.65 bits per heavy atom. The number of ether oxygens (including phenoxy) is 1. The summed E-state index contributed by atoms with van der Waals surface area (Å²) in [6, 6.07) is 12.2. The van der Waals surface area contributed by atoms with Crippen molar-refractivity contribution in [1.29, 1.82) is 0 Å². The zero-order valence-electron chi connectivity index (χ0n) is 10.5. The minimum Gasteiger partial charge on any atom is -0.455 e. The molecule has 1 atom stereocenters. The molecule has 2 aromatic rings. The van der Waals surface area contributed by atoms with Crippen molar-refractivity contribution < 1.29 is 9.53 Å². The molecule has 3 rings (SSSR count). The van der Waals surface area contributed by atoms with E-state index in [1.807, 2.05) is 25.1 Å². The Hall–Kier alpha value is -1.33. The number of carbonyl (C=O) groups excluding carboxylic acids is 1. The largest absolute Gasteiger partial charge is 0.455 e. The first-order chi connectivity index (χ1) is 9.56. The molecule has 5 heteroatoms. The van der Waals surface area contributed by atoms with E-state index in [-0.39, 0.29) is 11.8 Å². The van der Waals surface area contributed by atoms with Gasteiger partial charge in [0.2, 0.25) is 5.91 Å². The molecule has 0 saturated heterocycles. The number of carbonyl (C=O) groups is 1. The van der Waals surface area contributed by atoms with Crippen LogP contribution in [0.1, 0.15) is 18.4 Å². The molecular formula is C15H10Br2NO2. The third-order valence-corrected chi connectivity index (χ3v) is 4.39. The van der Waals surface area contributed by atoms with Crippen LogP contribution in [0, 0.1) is 6.07 Å². The molecule has 0 bridgehead atoms. The van der Waals surface area contributed by atoms with E-state index in [2.05, 4.69) is 43.2 Å². The highest BCUT2D eigenvalue weighted by Gasteiger charge is 2.26. The minimum absolute atomic E-state index is 0.0221. The molecule has 1 amide bonds. The first kappa shape index (κ1) is 13.6. The maximum atomic E-state index is 11.6. The number of hydrogen-bond acceptors (Lipinski definition) is 2. The predicted molar refractivity (Wildman–Crippen MR) is 84.2 cm³/mol. The van der Waals surface area contributed by atoms with Gasteiger partial charge in [-0.25, -0.2) is 0 Å². The smallest absolute Gasteiger partial charge is 0.231 e. The molecule has 0 spiro atoms. The molecule has 0 fully saturated rings. The Labute approximate surface area is 133 Å². The van der Waals surface area contributed by atoms with Crippen LogP contribution in [0.5, 0.6) is 11.5 Å². The van der Waals surface area contributed by atoms with Crippen molar-refractivity contribution in [3.8, 4) is 11.5 Å². The van der Waals surface area contributed by atoms with E-state index in [4.69, 9.17) is 4.74 Å². The van der Waals surface area contributed by atoms with Crippen LogP contribution in [0.25, 0.3) is 0 Å². The number of benzene rings is 2. The molecule has 101 valence electrons. The second-order valence-corrected chi connectivity index (χ2v) is 6.25. The lowest BCUT2D eigenvalue weighted by Crippen LogP contribution is -2.08. The van der Waals surface area contributed by atoms with E-state index in [1.165, 1.54) is 0 Å². The second-order valence-electron chi connectivity index (χ2n) is 4.54. The van der Waals surface area contributed by atoms with Crippen LogP contribution in [0.4, 0.5) is 5.69 Å². The van der Waals surface area contributed by atoms with Gasteiger partial charge in [-0.2, -0.15) is 0 Å². The Bertz CT molecular complexity index is 680. The third-order valence-electron chi connectivity index (χ3n) is 3.21. The summed E-state index contributed by atoms with van der Waals surface area (Å²) in [6.45, 7) is 1.88. The molecule has 20 heavy (non-hydrogen) atoms. The van der Waals surface area contributed by atoms with Gasteiger partial charge in [0, 0.05) is 5.69 Å². The SMILES string of the molecule is CC1C(=O)Nc2ccc(Oc3c(Br)c[c]cc3Br)cc21. The van der Waals surface area contributed by atoms with Gasteiger partial charge in [0.25, 0.3) is 0 Å². The summed E-state index contributed by atoms with van der Waals surface area (Å²) in [5.74, 6) is 1.26. The number of halogens is 2. The number of hydrogen-bond donors (Lipinski definition) is 1. The highest BCUT2D eigenvalue weighted by atomic mass is 79.9. The monoisotopic (exact) mass is 394 g/mol. The molecule has 1 unspecified atom stereocenters.